The van der Waals surface area contributed by atoms with Crippen molar-refractivity contribution in [1.29, 1.82) is 0 Å². The molecule has 290 valence electrons. The standard InChI is InChI=1S/C44H67NO7/c1-24(2)34-29(46)22-44(32(47)23-45-36(48)25-11-10-12-25)20-19-42(8)26(35(34)44)13-14-31-41(7)17-16-33(40(5,6)30(41)15-18-43(31,42)9)52-38(51)28-21-27(37(49)50)39(28,3)4/h24-28,30-33,47H,10-23H2,1-9H3,(H,45,48)(H,49,50)/t26-,27+,28-,30+,31-,32+,33+,41+,42-,43-,44+/m1/s1. The van der Waals surface area contributed by atoms with E-state index in [0.29, 0.717) is 24.7 Å². The number of hydrogen-bond donors (Lipinski definition) is 3. The molecule has 6 saturated carbocycles. The zero-order valence-corrected chi connectivity index (χ0v) is 33.5. The van der Waals surface area contributed by atoms with Crippen LogP contribution in [0.5, 0.6) is 0 Å². The van der Waals surface area contributed by atoms with Crippen LogP contribution in [0.1, 0.15) is 146 Å². The molecule has 7 aliphatic carbocycles. The minimum absolute atomic E-state index is 0.0354. The largest absolute Gasteiger partial charge is 0.481 e. The van der Waals surface area contributed by atoms with Gasteiger partial charge in [-0.15, -0.1) is 0 Å². The Hall–Kier alpha value is -2.22. The highest BCUT2D eigenvalue weighted by Gasteiger charge is 2.71. The van der Waals surface area contributed by atoms with Gasteiger partial charge in [0.2, 0.25) is 5.91 Å². The van der Waals surface area contributed by atoms with Crippen molar-refractivity contribution < 1.29 is 34.1 Å². The van der Waals surface area contributed by atoms with Gasteiger partial charge in [0.25, 0.3) is 0 Å². The number of aliphatic hydroxyl groups excluding tert-OH is 1. The number of esters is 1. The van der Waals surface area contributed by atoms with E-state index in [4.69, 9.17) is 4.74 Å². The molecule has 11 atom stereocenters. The smallest absolute Gasteiger partial charge is 0.309 e. The molecular weight excluding hydrogens is 654 g/mol. The third-order valence-corrected chi connectivity index (χ3v) is 18.1. The van der Waals surface area contributed by atoms with E-state index in [-0.39, 0.29) is 75.6 Å². The molecule has 0 unspecified atom stereocenters. The fraction of sp³-hybridized carbons (Fsp3) is 0.864. The van der Waals surface area contributed by atoms with Crippen LogP contribution in [0.15, 0.2) is 11.1 Å². The van der Waals surface area contributed by atoms with Gasteiger partial charge in [0, 0.05) is 29.7 Å². The van der Waals surface area contributed by atoms with Crippen LogP contribution in [0.4, 0.5) is 0 Å². The van der Waals surface area contributed by atoms with Gasteiger partial charge < -0.3 is 20.3 Å². The number of fused-ring (bicyclic) bond motifs is 7. The summed E-state index contributed by atoms with van der Waals surface area (Å²) in [7, 11) is 0. The van der Waals surface area contributed by atoms with Gasteiger partial charge in [-0.1, -0.05) is 74.3 Å². The van der Waals surface area contributed by atoms with Crippen molar-refractivity contribution in [2.45, 2.75) is 158 Å². The Labute approximate surface area is 312 Å². The highest BCUT2D eigenvalue weighted by molar-refractivity contribution is 6.00. The molecule has 8 heteroatoms. The van der Waals surface area contributed by atoms with Gasteiger partial charge >= 0.3 is 11.9 Å². The van der Waals surface area contributed by atoms with Crippen molar-refractivity contribution in [1.82, 2.24) is 5.32 Å². The summed E-state index contributed by atoms with van der Waals surface area (Å²) >= 11 is 0. The lowest BCUT2D eigenvalue weighted by Gasteiger charge is -2.72. The predicted molar refractivity (Wildman–Crippen MR) is 199 cm³/mol. The highest BCUT2D eigenvalue weighted by atomic mass is 16.5. The molecule has 0 aromatic rings. The van der Waals surface area contributed by atoms with Gasteiger partial charge in [-0.2, -0.15) is 0 Å². The number of rotatable bonds is 8. The molecule has 0 spiro atoms. The molecule has 1 amide bonds. The lowest BCUT2D eigenvalue weighted by molar-refractivity contribution is -0.238. The number of Topliss-reactive ketones (excluding diaryl/α,β-unsaturated/α-hetero) is 1. The second kappa shape index (κ2) is 12.4. The lowest BCUT2D eigenvalue weighted by atomic mass is 9.33. The van der Waals surface area contributed by atoms with Crippen LogP contribution in [0.25, 0.3) is 0 Å². The summed E-state index contributed by atoms with van der Waals surface area (Å²) in [5.41, 5.74) is 0.824. The monoisotopic (exact) mass is 721 g/mol. The maximum atomic E-state index is 14.0. The molecule has 0 aliphatic heterocycles. The van der Waals surface area contributed by atoms with Crippen molar-refractivity contribution in [3.63, 3.8) is 0 Å². The van der Waals surface area contributed by atoms with E-state index < -0.39 is 28.8 Å². The second-order valence-electron chi connectivity index (χ2n) is 21.0. The van der Waals surface area contributed by atoms with E-state index >= 15 is 0 Å². The van der Waals surface area contributed by atoms with E-state index in [2.05, 4.69) is 53.8 Å². The zero-order chi connectivity index (χ0) is 38.0. The SMILES string of the molecule is CC(C)C1=C2[C@H]3CC[C@@H]4[C@@]5(C)CC[C@H](OC(=O)[C@H]6C[C@@H](C(=O)O)C6(C)C)C(C)(C)[C@@H]5CC[C@@]4(C)[C@]3(C)CC[C@@]2([C@@H](O)CNC(=O)C2CCC2)CC1=O. The number of ether oxygens (including phenoxy) is 1. The predicted octanol–water partition coefficient (Wildman–Crippen LogP) is 7.90. The van der Waals surface area contributed by atoms with Gasteiger partial charge in [0.15, 0.2) is 5.78 Å². The molecule has 8 nitrogen and oxygen atoms in total. The molecule has 52 heavy (non-hydrogen) atoms. The Morgan fingerprint density at radius 3 is 2.12 bits per heavy atom. The first-order valence-corrected chi connectivity index (χ1v) is 20.8. The Bertz CT molecular complexity index is 1560. The average molecular weight is 722 g/mol. The van der Waals surface area contributed by atoms with E-state index in [1.807, 2.05) is 13.8 Å². The van der Waals surface area contributed by atoms with Crippen molar-refractivity contribution in [3.05, 3.63) is 11.1 Å². The van der Waals surface area contributed by atoms with E-state index in [0.717, 1.165) is 76.2 Å². The lowest BCUT2D eigenvalue weighted by Crippen LogP contribution is -2.66. The van der Waals surface area contributed by atoms with Gasteiger partial charge in [-0.25, -0.2) is 0 Å². The van der Waals surface area contributed by atoms with Gasteiger partial charge in [-0.05, 0) is 122 Å². The van der Waals surface area contributed by atoms with Crippen molar-refractivity contribution in [2.24, 2.45) is 73.9 Å². The number of aliphatic hydroxyl groups is 1. The van der Waals surface area contributed by atoms with Crippen molar-refractivity contribution >= 4 is 23.6 Å². The summed E-state index contributed by atoms with van der Waals surface area (Å²) in [5.74, 6) is -0.487. The topological polar surface area (TPSA) is 130 Å². The number of hydrogen-bond acceptors (Lipinski definition) is 6. The van der Waals surface area contributed by atoms with Crippen LogP contribution in [0.3, 0.4) is 0 Å². The number of nitrogens with one attached hydrogen (secondary N) is 1. The van der Waals surface area contributed by atoms with E-state index in [9.17, 15) is 29.4 Å². The number of carboxylic acid groups (broad SMARTS) is 1. The number of ketones is 1. The summed E-state index contributed by atoms with van der Waals surface area (Å²) in [5, 5.41) is 24.8. The fourth-order valence-corrected chi connectivity index (χ4v) is 14.4. The fourth-order valence-electron chi connectivity index (χ4n) is 14.4. The molecular formula is C44H67NO7. The van der Waals surface area contributed by atoms with Crippen LogP contribution in [0, 0.1) is 73.9 Å². The highest BCUT2D eigenvalue weighted by Crippen LogP contribution is 2.77. The first kappa shape index (κ1) is 38.1. The van der Waals surface area contributed by atoms with Crippen LogP contribution in [0.2, 0.25) is 0 Å². The molecule has 0 aromatic heterocycles. The Morgan fingerprint density at radius 2 is 1.52 bits per heavy atom. The molecule has 0 aromatic carbocycles. The molecule has 0 radical (unpaired) electrons. The molecule has 0 saturated heterocycles. The summed E-state index contributed by atoms with van der Waals surface area (Å²) in [6.45, 7) is 20.4. The molecule has 7 aliphatic rings. The van der Waals surface area contributed by atoms with Crippen LogP contribution in [-0.4, -0.2) is 52.6 Å². The summed E-state index contributed by atoms with van der Waals surface area (Å²) < 4.78 is 6.40. The van der Waals surface area contributed by atoms with Gasteiger partial charge in [-0.3, -0.25) is 19.2 Å². The number of aliphatic carboxylic acids is 1. The molecule has 3 N–H and O–H groups in total. The number of carboxylic acids is 1. The Kier molecular flexibility index (Phi) is 9.08. The van der Waals surface area contributed by atoms with Gasteiger partial charge in [0.1, 0.15) is 6.10 Å². The first-order valence-electron chi connectivity index (χ1n) is 20.8. The summed E-state index contributed by atoms with van der Waals surface area (Å²) in [4.78, 5) is 52.2. The minimum atomic E-state index is -0.833. The number of carbonyl (C=O) groups excluding carboxylic acids is 3. The first-order chi connectivity index (χ1) is 24.2. The molecule has 0 heterocycles. The third-order valence-electron chi connectivity index (χ3n) is 18.1. The average Bonchev–Trinajstić information content (AvgIpc) is 3.33. The number of carbonyl (C=O) groups is 4. The van der Waals surface area contributed by atoms with Crippen molar-refractivity contribution in [3.8, 4) is 0 Å². The summed E-state index contributed by atoms with van der Waals surface area (Å²) in [6, 6.07) is 0. The minimum Gasteiger partial charge on any atom is -0.481 e. The van der Waals surface area contributed by atoms with Crippen LogP contribution in [-0.2, 0) is 23.9 Å². The van der Waals surface area contributed by atoms with Crippen LogP contribution < -0.4 is 5.32 Å². The van der Waals surface area contributed by atoms with E-state index in [1.165, 1.54) is 5.57 Å². The van der Waals surface area contributed by atoms with Gasteiger partial charge in [0.05, 0.1) is 17.9 Å². The maximum Gasteiger partial charge on any atom is 0.309 e. The normalized spacial score (nSPS) is 43.9. The maximum absolute atomic E-state index is 14.0. The Morgan fingerprint density at radius 1 is 0.827 bits per heavy atom. The summed E-state index contributed by atoms with van der Waals surface area (Å²) in [6.07, 6.45) is 10.4. The van der Waals surface area contributed by atoms with Crippen molar-refractivity contribution in [2.75, 3.05) is 6.54 Å². The quantitative estimate of drug-likeness (QED) is 0.217. The number of amides is 1. The molecule has 6 fully saturated rings. The molecule has 7 rings (SSSR count). The molecule has 0 bridgehead atoms. The van der Waals surface area contributed by atoms with E-state index in [1.54, 1.807) is 0 Å². The van der Waals surface area contributed by atoms with Crippen LogP contribution >= 0.6 is 0 Å². The zero-order valence-electron chi connectivity index (χ0n) is 33.5. The number of allylic oxidation sites excluding steroid dienone is 1. The Balaban J connectivity index is 1.14. The second-order valence-corrected chi connectivity index (χ2v) is 21.0. The third kappa shape index (κ3) is 5.13.